The molecule has 2 aromatic carbocycles. The van der Waals surface area contributed by atoms with Gasteiger partial charge in [0.05, 0.1) is 55.0 Å². The Kier molecular flexibility index (Phi) is 17.5. The van der Waals surface area contributed by atoms with Crippen molar-refractivity contribution < 1.29 is 23.2 Å². The number of fused-ring (bicyclic) bond motifs is 2. The Balaban J connectivity index is 0.000000204. The highest BCUT2D eigenvalue weighted by molar-refractivity contribution is 6.34. The van der Waals surface area contributed by atoms with Crippen LogP contribution in [0, 0.1) is 25.5 Å². The largest absolute Gasteiger partial charge is 0.366 e. The van der Waals surface area contributed by atoms with Gasteiger partial charge in [-0.05, 0) is 125 Å². The van der Waals surface area contributed by atoms with Gasteiger partial charge in [0.25, 0.3) is 0 Å². The van der Waals surface area contributed by atoms with Crippen LogP contribution in [-0.2, 0) is 9.59 Å². The highest BCUT2D eigenvalue weighted by atomic mass is 35.5. The Labute approximate surface area is 500 Å². The zero-order valence-corrected chi connectivity index (χ0v) is 50.4. The number of aromatic nitrogens is 8. The van der Waals surface area contributed by atoms with Gasteiger partial charge in [-0.1, -0.05) is 82.3 Å². The number of aryl methyl sites for hydroxylation is 2. The number of halogens is 4. The zero-order valence-electron chi connectivity index (χ0n) is 48.9. The number of carbonyl (C=O) groups is 3. The molecule has 0 spiro atoms. The Bertz CT molecular complexity index is 4150. The van der Waals surface area contributed by atoms with Crippen molar-refractivity contribution in [3.8, 4) is 33.9 Å². The summed E-state index contributed by atoms with van der Waals surface area (Å²) >= 11 is 13.6. The van der Waals surface area contributed by atoms with E-state index in [0.717, 1.165) is 29.3 Å². The van der Waals surface area contributed by atoms with Crippen molar-refractivity contribution in [2.45, 2.75) is 105 Å². The van der Waals surface area contributed by atoms with E-state index in [1.807, 2.05) is 85.1 Å². The number of hydrogen-bond acceptors (Lipinski definition) is 13. The number of rotatable bonds is 11. The van der Waals surface area contributed by atoms with Gasteiger partial charge in [0.15, 0.2) is 11.3 Å². The summed E-state index contributed by atoms with van der Waals surface area (Å²) < 4.78 is 32.0. The average Bonchev–Trinajstić information content (AvgIpc) is 1.22. The molecule has 2 saturated heterocycles. The molecule has 2 fully saturated rings. The van der Waals surface area contributed by atoms with E-state index in [4.69, 9.17) is 38.9 Å². The van der Waals surface area contributed by atoms with Crippen LogP contribution in [0.2, 0.25) is 10.0 Å². The summed E-state index contributed by atoms with van der Waals surface area (Å²) in [6, 6.07) is 16.0. The number of anilines is 2. The van der Waals surface area contributed by atoms with E-state index < -0.39 is 28.9 Å². The van der Waals surface area contributed by atoms with Crippen LogP contribution in [0.5, 0.6) is 0 Å². The maximum Gasteiger partial charge on any atom is 0.355 e. The molecule has 22 heteroatoms. The van der Waals surface area contributed by atoms with Gasteiger partial charge in [0.2, 0.25) is 17.7 Å². The first-order valence-electron chi connectivity index (χ1n) is 27.8. The van der Waals surface area contributed by atoms with Gasteiger partial charge in [0.1, 0.15) is 23.3 Å². The van der Waals surface area contributed by atoms with Crippen LogP contribution >= 0.6 is 23.2 Å². The molecule has 2 N–H and O–H groups in total. The normalized spacial score (nSPS) is 17.1. The topological polar surface area (TPSA) is 212 Å². The van der Waals surface area contributed by atoms with E-state index in [1.165, 1.54) is 21.3 Å². The van der Waals surface area contributed by atoms with E-state index in [2.05, 4.69) is 33.1 Å². The minimum atomic E-state index is -0.709. The fourth-order valence-corrected chi connectivity index (χ4v) is 11.8. The van der Waals surface area contributed by atoms with E-state index in [-0.39, 0.29) is 80.3 Å². The summed E-state index contributed by atoms with van der Waals surface area (Å²) in [5.74, 6) is -1.62. The molecule has 0 saturated carbocycles. The lowest BCUT2D eigenvalue weighted by molar-refractivity contribution is -0.129. The molecule has 6 aromatic heterocycles. The number of amides is 3. The molecule has 4 unspecified atom stereocenters. The van der Waals surface area contributed by atoms with Gasteiger partial charge in [-0.25, -0.2) is 37.5 Å². The van der Waals surface area contributed by atoms with Gasteiger partial charge in [-0.15, -0.1) is 0 Å². The molecule has 4 atom stereocenters. The van der Waals surface area contributed by atoms with Gasteiger partial charge >= 0.3 is 11.4 Å². The molecule has 3 amide bonds. The minimum absolute atomic E-state index is 0.00442. The zero-order chi connectivity index (χ0) is 61.6. The van der Waals surface area contributed by atoms with Crippen molar-refractivity contribution in [1.82, 2.24) is 48.8 Å². The first-order chi connectivity index (χ1) is 40.4. The molecule has 10 rings (SSSR count). The Morgan fingerprint density at radius 2 is 1.05 bits per heavy atom. The van der Waals surface area contributed by atoms with Crippen molar-refractivity contribution in [2.24, 2.45) is 5.73 Å². The fourth-order valence-electron chi connectivity index (χ4n) is 11.3. The van der Waals surface area contributed by atoms with E-state index in [1.54, 1.807) is 64.7 Å². The summed E-state index contributed by atoms with van der Waals surface area (Å²) in [5.41, 5.74) is 9.99. The van der Waals surface area contributed by atoms with Crippen molar-refractivity contribution in [3.63, 3.8) is 0 Å². The first kappa shape index (κ1) is 60.8. The lowest BCUT2D eigenvalue weighted by Gasteiger charge is -2.44. The Morgan fingerprint density at radius 3 is 1.47 bits per heavy atom. The average molecular weight is 1190 g/mol. The monoisotopic (exact) mass is 1190 g/mol. The van der Waals surface area contributed by atoms with Gasteiger partial charge < -0.3 is 25.3 Å². The Hall–Kier alpha value is -8.75. The number of carbonyl (C=O) groups excluding carboxylic acids is 3. The van der Waals surface area contributed by atoms with E-state index in [0.29, 0.717) is 88.3 Å². The third kappa shape index (κ3) is 11.5. The Morgan fingerprint density at radius 1 is 0.612 bits per heavy atom. The van der Waals surface area contributed by atoms with Crippen LogP contribution in [0.4, 0.5) is 20.4 Å². The van der Waals surface area contributed by atoms with E-state index >= 15 is 0 Å². The molecule has 0 bridgehead atoms. The number of hydrogen-bond donors (Lipinski definition) is 1. The number of pyridine rings is 4. The molecular weight excluding hydrogens is 1130 g/mol. The number of nitrogens with zero attached hydrogens (tertiary/aromatic N) is 12. The van der Waals surface area contributed by atoms with Crippen molar-refractivity contribution in [3.05, 3.63) is 175 Å². The second kappa shape index (κ2) is 24.5. The maximum absolute atomic E-state index is 15.0. The summed E-state index contributed by atoms with van der Waals surface area (Å²) in [6.07, 6.45) is 5.99. The third-order valence-electron chi connectivity index (χ3n) is 15.5. The lowest BCUT2D eigenvalue weighted by atomic mass is 10.0. The second-order valence-corrected chi connectivity index (χ2v) is 23.0. The smallest absolute Gasteiger partial charge is 0.355 e. The van der Waals surface area contributed by atoms with Crippen LogP contribution in [0.15, 0.2) is 114 Å². The number of primary amides is 1. The summed E-state index contributed by atoms with van der Waals surface area (Å²) in [7, 11) is 0. The predicted molar refractivity (Wildman–Crippen MR) is 329 cm³/mol. The number of benzene rings is 2. The first-order valence-corrected chi connectivity index (χ1v) is 28.5. The molecule has 0 radical (unpaired) electrons. The standard InChI is InChI=1S/C32H34ClN7O3.C31H31ClF2N6O2/c1-7-25(41)38-15-20(6)39(16-19(38)5)30-23-14-24(33)27(21-10-8-9-11-22(21)29(34)42)36-31(23)40(32(43)37-30)28-18(4)12-13-35-26(28)17(2)3;1-7-25(41)38-14-19(6)39(15-18(38)5)29-22-13-23(32)27(21-12-20(33)8-9-24(21)34)36-30(22)40(31(42)37-29)28-17(4)10-11-35-26(28)16(2)3/h7-14,17,19-20H,1,15-16H2,2-6H3,(H2,34,42);7-13,16,18-19H,1,14-15H2,2-6H3. The predicted octanol–water partition coefficient (Wildman–Crippen LogP) is 10.5. The van der Waals surface area contributed by atoms with Crippen LogP contribution in [-0.4, -0.2) is 117 Å². The molecule has 8 aromatic rings. The maximum atomic E-state index is 15.0. The minimum Gasteiger partial charge on any atom is -0.366 e. The molecule has 2 aliphatic heterocycles. The second-order valence-electron chi connectivity index (χ2n) is 22.1. The fraction of sp³-hybridized carbons (Fsp3) is 0.317. The molecule has 18 nitrogen and oxygen atoms in total. The summed E-state index contributed by atoms with van der Waals surface area (Å²) in [4.78, 5) is 101. The molecule has 0 aliphatic carbocycles. The van der Waals surface area contributed by atoms with Gasteiger partial charge in [-0.2, -0.15) is 9.97 Å². The highest BCUT2D eigenvalue weighted by Gasteiger charge is 2.36. The molecule has 8 heterocycles. The van der Waals surface area contributed by atoms with Crippen molar-refractivity contribution in [2.75, 3.05) is 36.0 Å². The van der Waals surface area contributed by atoms with E-state index in [9.17, 15) is 32.8 Å². The summed E-state index contributed by atoms with van der Waals surface area (Å²) in [5, 5.41) is 1.32. The molecule has 2 aliphatic rings. The number of piperazine rings is 2. The van der Waals surface area contributed by atoms with Crippen LogP contribution in [0.25, 0.3) is 56.0 Å². The van der Waals surface area contributed by atoms with Crippen LogP contribution < -0.4 is 26.9 Å². The lowest BCUT2D eigenvalue weighted by Crippen LogP contribution is -2.58. The third-order valence-corrected chi connectivity index (χ3v) is 16.1. The van der Waals surface area contributed by atoms with Crippen LogP contribution in [0.3, 0.4) is 0 Å². The van der Waals surface area contributed by atoms with Crippen LogP contribution in [0.1, 0.15) is 100 Å². The quantitative estimate of drug-likeness (QED) is 0.120. The highest BCUT2D eigenvalue weighted by Crippen LogP contribution is 2.39. The van der Waals surface area contributed by atoms with Crippen molar-refractivity contribution in [1.29, 1.82) is 0 Å². The SMILES string of the molecule is C=CC(=O)N1CC(C)N(c2nc(=O)n(-c3c(C)ccnc3C(C)C)c3nc(-c4cc(F)ccc4F)c(Cl)cc23)CC1C.C=CC(=O)N1CC(C)N(c2nc(=O)n(-c3c(C)ccnc3C(C)C)c3nc(-c4ccccc4C(N)=O)c(Cl)cc23)CC1C. The van der Waals surface area contributed by atoms with Gasteiger partial charge in [0, 0.05) is 79.4 Å². The number of nitrogens with two attached hydrogens (primary N) is 1. The van der Waals surface area contributed by atoms with Gasteiger partial charge in [-0.3, -0.25) is 24.4 Å². The van der Waals surface area contributed by atoms with Crippen molar-refractivity contribution >= 4 is 74.6 Å². The summed E-state index contributed by atoms with van der Waals surface area (Å²) in [6.45, 7) is 28.3. The molecule has 440 valence electrons. The molecule has 85 heavy (non-hydrogen) atoms. The molecular formula is C63H65Cl2F2N13O5.